The van der Waals surface area contributed by atoms with Crippen LogP contribution in [0.4, 0.5) is 0 Å². The summed E-state index contributed by atoms with van der Waals surface area (Å²) in [4.78, 5) is 2.89. The van der Waals surface area contributed by atoms with Crippen LogP contribution >= 0.6 is 0 Å². The molecule has 1 N–H and O–H groups in total. The number of nitrogens with one attached hydrogen (secondary N) is 1. The van der Waals surface area contributed by atoms with Gasteiger partial charge >= 0.3 is 0 Å². The van der Waals surface area contributed by atoms with E-state index in [2.05, 4.69) is 10.2 Å². The van der Waals surface area contributed by atoms with E-state index in [1.807, 2.05) is 0 Å². The topological polar surface area (TPSA) is 15.3 Å². The van der Waals surface area contributed by atoms with E-state index in [4.69, 9.17) is 0 Å². The highest BCUT2D eigenvalue weighted by atomic mass is 15.3. The predicted molar refractivity (Wildman–Crippen MR) is 67.7 cm³/mol. The van der Waals surface area contributed by atoms with Crippen LogP contribution in [0.3, 0.4) is 0 Å². The second-order valence-electron chi connectivity index (χ2n) is 7.37. The number of hydrogen-bond acceptors (Lipinski definition) is 2. The minimum atomic E-state index is 0.850. The van der Waals surface area contributed by atoms with Crippen molar-refractivity contribution in [2.45, 2.75) is 44.2 Å². The minimum absolute atomic E-state index is 0.850. The van der Waals surface area contributed by atoms with Crippen molar-refractivity contribution in [3.05, 3.63) is 0 Å². The molecule has 1 saturated heterocycles. The molecule has 5 aliphatic rings. The van der Waals surface area contributed by atoms with Gasteiger partial charge < -0.3 is 5.32 Å². The van der Waals surface area contributed by atoms with Crippen LogP contribution in [-0.4, -0.2) is 36.6 Å². The third kappa shape index (κ3) is 1.34. The lowest BCUT2D eigenvalue weighted by Gasteiger charge is -2.35. The molecule has 4 saturated carbocycles. The number of piperazine rings is 1. The van der Waals surface area contributed by atoms with E-state index >= 15 is 0 Å². The molecule has 5 unspecified atom stereocenters. The molecule has 2 nitrogen and oxygen atoms in total. The molecule has 17 heavy (non-hydrogen) atoms. The number of hydrogen-bond donors (Lipinski definition) is 1. The van der Waals surface area contributed by atoms with Crippen LogP contribution in [0.25, 0.3) is 0 Å². The third-order valence-corrected chi connectivity index (χ3v) is 6.54. The molecule has 2 bridgehead atoms. The van der Waals surface area contributed by atoms with Crippen LogP contribution in [0.15, 0.2) is 0 Å². The van der Waals surface area contributed by atoms with Gasteiger partial charge in [-0.15, -0.1) is 0 Å². The summed E-state index contributed by atoms with van der Waals surface area (Å²) in [5.41, 5.74) is 0. The Balaban J connectivity index is 1.30. The SMILES string of the molecule is C1CN(C2C3C4CCC(C4)C32)CC(C2CC2)N1. The lowest BCUT2D eigenvalue weighted by Crippen LogP contribution is -2.53. The molecule has 1 heterocycles. The summed E-state index contributed by atoms with van der Waals surface area (Å²) in [5, 5.41) is 3.76. The lowest BCUT2D eigenvalue weighted by molar-refractivity contribution is 0.155. The zero-order chi connectivity index (χ0) is 11.0. The molecule has 0 aromatic rings. The quantitative estimate of drug-likeness (QED) is 0.780. The molecule has 1 aliphatic heterocycles. The molecule has 2 heteroatoms. The Labute approximate surface area is 104 Å². The van der Waals surface area contributed by atoms with Crippen LogP contribution in [0.2, 0.25) is 0 Å². The highest BCUT2D eigenvalue weighted by Gasteiger charge is 2.66. The summed E-state index contributed by atoms with van der Waals surface area (Å²) in [5.74, 6) is 5.61. The minimum Gasteiger partial charge on any atom is -0.311 e. The van der Waals surface area contributed by atoms with Gasteiger partial charge in [0.2, 0.25) is 0 Å². The Morgan fingerprint density at radius 1 is 0.882 bits per heavy atom. The molecule has 5 rings (SSSR count). The summed E-state index contributed by atoms with van der Waals surface area (Å²) < 4.78 is 0. The van der Waals surface area contributed by atoms with Crippen molar-refractivity contribution in [3.63, 3.8) is 0 Å². The van der Waals surface area contributed by atoms with Gasteiger partial charge in [-0.2, -0.15) is 0 Å². The first-order valence-electron chi connectivity index (χ1n) is 7.89. The smallest absolute Gasteiger partial charge is 0.0223 e. The summed E-state index contributed by atoms with van der Waals surface area (Å²) in [7, 11) is 0. The van der Waals surface area contributed by atoms with Crippen molar-refractivity contribution in [2.75, 3.05) is 19.6 Å². The van der Waals surface area contributed by atoms with Crippen molar-refractivity contribution in [1.82, 2.24) is 10.2 Å². The van der Waals surface area contributed by atoms with E-state index in [-0.39, 0.29) is 0 Å². The van der Waals surface area contributed by atoms with Crippen LogP contribution < -0.4 is 5.32 Å². The maximum absolute atomic E-state index is 3.76. The first-order valence-corrected chi connectivity index (χ1v) is 7.89. The Morgan fingerprint density at radius 2 is 1.59 bits per heavy atom. The average molecular weight is 232 g/mol. The molecule has 5 atom stereocenters. The zero-order valence-corrected chi connectivity index (χ0v) is 10.6. The van der Waals surface area contributed by atoms with Crippen molar-refractivity contribution in [1.29, 1.82) is 0 Å². The van der Waals surface area contributed by atoms with Gasteiger partial charge in [-0.25, -0.2) is 0 Å². The zero-order valence-electron chi connectivity index (χ0n) is 10.6. The summed E-state index contributed by atoms with van der Waals surface area (Å²) in [6, 6.07) is 1.88. The molecular formula is C15H24N2. The van der Waals surface area contributed by atoms with Gasteiger partial charge in [0, 0.05) is 31.7 Å². The van der Waals surface area contributed by atoms with E-state index in [1.54, 1.807) is 19.3 Å². The van der Waals surface area contributed by atoms with Crippen molar-refractivity contribution >= 4 is 0 Å². The van der Waals surface area contributed by atoms with Gasteiger partial charge in [-0.1, -0.05) is 0 Å². The molecule has 5 fully saturated rings. The van der Waals surface area contributed by atoms with Crippen molar-refractivity contribution in [3.8, 4) is 0 Å². The molecule has 0 amide bonds. The van der Waals surface area contributed by atoms with Gasteiger partial charge in [-0.3, -0.25) is 4.90 Å². The fraction of sp³-hybridized carbons (Fsp3) is 1.00. The highest BCUT2D eigenvalue weighted by molar-refractivity contribution is 5.18. The molecule has 0 aromatic carbocycles. The Bertz CT molecular complexity index is 322. The Morgan fingerprint density at radius 3 is 2.29 bits per heavy atom. The van der Waals surface area contributed by atoms with Gasteiger partial charge in [-0.05, 0) is 61.7 Å². The number of nitrogens with zero attached hydrogens (tertiary/aromatic N) is 1. The van der Waals surface area contributed by atoms with Crippen molar-refractivity contribution in [2.24, 2.45) is 29.6 Å². The van der Waals surface area contributed by atoms with Crippen LogP contribution in [0.5, 0.6) is 0 Å². The molecule has 4 aliphatic carbocycles. The summed E-state index contributed by atoms with van der Waals surface area (Å²) >= 11 is 0. The van der Waals surface area contributed by atoms with E-state index in [0.717, 1.165) is 41.7 Å². The van der Waals surface area contributed by atoms with Gasteiger partial charge in [0.25, 0.3) is 0 Å². The maximum Gasteiger partial charge on any atom is 0.0223 e. The predicted octanol–water partition coefficient (Wildman–Crippen LogP) is 1.71. The van der Waals surface area contributed by atoms with Crippen LogP contribution in [0, 0.1) is 29.6 Å². The summed E-state index contributed by atoms with van der Waals surface area (Å²) in [6.07, 6.45) is 7.73. The third-order valence-electron chi connectivity index (χ3n) is 6.54. The van der Waals surface area contributed by atoms with E-state index in [0.29, 0.717) is 0 Å². The Hall–Kier alpha value is -0.0800. The molecule has 94 valence electrons. The van der Waals surface area contributed by atoms with Crippen LogP contribution in [-0.2, 0) is 0 Å². The number of rotatable bonds is 2. The largest absolute Gasteiger partial charge is 0.311 e. The average Bonchev–Trinajstić information content (AvgIpc) is 3.28. The standard InChI is InChI=1S/C15H24N2/c1-2-9(1)12-8-17(6-5-16-12)15-13-10-3-4-11(7-10)14(13)15/h9-16H,1-8H2. The van der Waals surface area contributed by atoms with Crippen molar-refractivity contribution < 1.29 is 0 Å². The lowest BCUT2D eigenvalue weighted by atomic mass is 10.0. The molecule has 0 radical (unpaired) electrons. The van der Waals surface area contributed by atoms with E-state index < -0.39 is 0 Å². The van der Waals surface area contributed by atoms with Gasteiger partial charge in [0.05, 0.1) is 0 Å². The normalized spacial score (nSPS) is 57.2. The van der Waals surface area contributed by atoms with Gasteiger partial charge in [0.1, 0.15) is 0 Å². The highest BCUT2D eigenvalue weighted by Crippen LogP contribution is 2.67. The van der Waals surface area contributed by atoms with Gasteiger partial charge in [0.15, 0.2) is 0 Å². The second kappa shape index (κ2) is 3.27. The maximum atomic E-state index is 3.76. The van der Waals surface area contributed by atoms with E-state index in [1.165, 1.54) is 32.5 Å². The fourth-order valence-corrected chi connectivity index (χ4v) is 5.65. The molecular weight excluding hydrogens is 208 g/mol. The Kier molecular flexibility index (Phi) is 1.88. The second-order valence-corrected chi connectivity index (χ2v) is 7.37. The first-order chi connectivity index (χ1) is 8.42. The molecule has 0 aromatic heterocycles. The first kappa shape index (κ1) is 9.80. The fourth-order valence-electron chi connectivity index (χ4n) is 5.65. The monoisotopic (exact) mass is 232 g/mol. The summed E-state index contributed by atoms with van der Waals surface area (Å²) in [6.45, 7) is 3.97. The molecule has 0 spiro atoms. The van der Waals surface area contributed by atoms with E-state index in [9.17, 15) is 0 Å². The number of fused-ring (bicyclic) bond motifs is 5. The van der Waals surface area contributed by atoms with Crippen LogP contribution in [0.1, 0.15) is 32.1 Å².